The number of amides is 3. The molecule has 0 spiro atoms. The third-order valence-electron chi connectivity index (χ3n) is 2.77. The van der Waals surface area contributed by atoms with Gasteiger partial charge in [0.25, 0.3) is 5.91 Å². The maximum absolute atomic E-state index is 13.3. The summed E-state index contributed by atoms with van der Waals surface area (Å²) in [5.74, 6) is -0.722. The summed E-state index contributed by atoms with van der Waals surface area (Å²) in [6.07, 6.45) is 0. The smallest absolute Gasteiger partial charge is 0.316 e. The maximum Gasteiger partial charge on any atom is 0.316 e. The molecule has 0 aliphatic rings. The minimum absolute atomic E-state index is 0.183. The number of halogens is 2. The molecule has 5 nitrogen and oxygen atoms in total. The van der Waals surface area contributed by atoms with Crippen LogP contribution >= 0.6 is 15.9 Å². The first-order valence-electron chi connectivity index (χ1n) is 6.34. The fraction of sp³-hybridized carbons (Fsp3) is 0.0667. The van der Waals surface area contributed by atoms with Crippen LogP contribution in [-0.2, 0) is 6.54 Å². The SMILES string of the molecule is NC(=O)Nc1cccc(C(=O)NCc2cc(F)cc(Br)c2)c1. The molecule has 0 heterocycles. The van der Waals surface area contributed by atoms with E-state index in [9.17, 15) is 14.0 Å². The largest absolute Gasteiger partial charge is 0.351 e. The van der Waals surface area contributed by atoms with Crippen LogP contribution in [0.4, 0.5) is 14.9 Å². The van der Waals surface area contributed by atoms with Crippen LogP contribution in [0.2, 0.25) is 0 Å². The normalized spacial score (nSPS) is 10.1. The van der Waals surface area contributed by atoms with Crippen LogP contribution in [0.5, 0.6) is 0 Å². The maximum atomic E-state index is 13.3. The van der Waals surface area contributed by atoms with Crippen molar-refractivity contribution in [2.24, 2.45) is 5.73 Å². The van der Waals surface area contributed by atoms with E-state index in [0.29, 0.717) is 21.3 Å². The summed E-state index contributed by atoms with van der Waals surface area (Å²) in [6.45, 7) is 0.183. The van der Waals surface area contributed by atoms with Gasteiger partial charge in [-0.05, 0) is 42.0 Å². The Morgan fingerprint density at radius 3 is 2.64 bits per heavy atom. The van der Waals surface area contributed by atoms with Crippen molar-refractivity contribution in [3.8, 4) is 0 Å². The zero-order valence-electron chi connectivity index (χ0n) is 11.4. The van der Waals surface area contributed by atoms with E-state index in [2.05, 4.69) is 26.6 Å². The van der Waals surface area contributed by atoms with Crippen LogP contribution < -0.4 is 16.4 Å². The van der Waals surface area contributed by atoms with Gasteiger partial charge in [0.1, 0.15) is 5.82 Å². The molecule has 4 N–H and O–H groups in total. The van der Waals surface area contributed by atoms with E-state index in [4.69, 9.17) is 5.73 Å². The molecular formula is C15H13BrFN3O2. The monoisotopic (exact) mass is 365 g/mol. The Balaban J connectivity index is 2.04. The van der Waals surface area contributed by atoms with Crippen molar-refractivity contribution in [1.29, 1.82) is 0 Å². The first-order valence-corrected chi connectivity index (χ1v) is 7.13. The van der Waals surface area contributed by atoms with Crippen LogP contribution in [0.1, 0.15) is 15.9 Å². The minimum Gasteiger partial charge on any atom is -0.351 e. The van der Waals surface area contributed by atoms with E-state index in [-0.39, 0.29) is 18.3 Å². The molecule has 0 radical (unpaired) electrons. The second-order valence-corrected chi connectivity index (χ2v) is 5.45. The van der Waals surface area contributed by atoms with Crippen molar-refractivity contribution in [3.63, 3.8) is 0 Å². The Morgan fingerprint density at radius 2 is 1.95 bits per heavy atom. The lowest BCUT2D eigenvalue weighted by atomic mass is 10.1. The number of primary amides is 1. The van der Waals surface area contributed by atoms with E-state index in [1.165, 1.54) is 18.2 Å². The van der Waals surface area contributed by atoms with E-state index < -0.39 is 6.03 Å². The summed E-state index contributed by atoms with van der Waals surface area (Å²) in [5, 5.41) is 5.07. The molecule has 0 saturated carbocycles. The molecule has 2 aromatic carbocycles. The zero-order valence-corrected chi connectivity index (χ0v) is 13.0. The fourth-order valence-corrected chi connectivity index (χ4v) is 2.39. The van der Waals surface area contributed by atoms with Crippen molar-refractivity contribution in [3.05, 3.63) is 63.9 Å². The van der Waals surface area contributed by atoms with Gasteiger partial charge in [-0.25, -0.2) is 9.18 Å². The number of hydrogen-bond donors (Lipinski definition) is 3. The van der Waals surface area contributed by atoms with Gasteiger partial charge in [-0.3, -0.25) is 4.79 Å². The van der Waals surface area contributed by atoms with Gasteiger partial charge in [0.2, 0.25) is 0 Å². The Bertz CT molecular complexity index is 701. The quantitative estimate of drug-likeness (QED) is 0.777. The first-order chi connectivity index (χ1) is 10.4. The number of rotatable bonds is 4. The van der Waals surface area contributed by atoms with Crippen LogP contribution in [0.15, 0.2) is 46.9 Å². The second kappa shape index (κ2) is 7.04. The van der Waals surface area contributed by atoms with Crippen molar-refractivity contribution in [2.75, 3.05) is 5.32 Å². The molecule has 0 aromatic heterocycles. The van der Waals surface area contributed by atoms with Gasteiger partial charge in [0.15, 0.2) is 0 Å². The molecule has 0 saturated heterocycles. The highest BCUT2D eigenvalue weighted by atomic mass is 79.9. The lowest BCUT2D eigenvalue weighted by Crippen LogP contribution is -2.23. The van der Waals surface area contributed by atoms with Crippen LogP contribution in [0.25, 0.3) is 0 Å². The Labute approximate surface area is 134 Å². The van der Waals surface area contributed by atoms with Gasteiger partial charge < -0.3 is 16.4 Å². The summed E-state index contributed by atoms with van der Waals surface area (Å²) >= 11 is 3.19. The number of hydrogen-bond acceptors (Lipinski definition) is 2. The molecule has 0 aliphatic heterocycles. The van der Waals surface area contributed by atoms with Gasteiger partial charge in [-0.1, -0.05) is 22.0 Å². The molecule has 0 fully saturated rings. The number of anilines is 1. The highest BCUT2D eigenvalue weighted by Crippen LogP contribution is 2.15. The second-order valence-electron chi connectivity index (χ2n) is 4.53. The average molecular weight is 366 g/mol. The fourth-order valence-electron chi connectivity index (χ4n) is 1.88. The van der Waals surface area contributed by atoms with Gasteiger partial charge in [-0.2, -0.15) is 0 Å². The van der Waals surface area contributed by atoms with Crippen molar-refractivity contribution < 1.29 is 14.0 Å². The molecule has 0 aliphatic carbocycles. The van der Waals surface area contributed by atoms with Crippen molar-refractivity contribution in [1.82, 2.24) is 5.32 Å². The predicted octanol–water partition coefficient (Wildman–Crippen LogP) is 3.01. The number of urea groups is 1. The Kier molecular flexibility index (Phi) is 5.11. The van der Waals surface area contributed by atoms with Crippen molar-refractivity contribution in [2.45, 2.75) is 6.54 Å². The molecule has 2 aromatic rings. The topological polar surface area (TPSA) is 84.2 Å². The number of carbonyl (C=O) groups is 2. The molecule has 0 atom stereocenters. The Morgan fingerprint density at radius 1 is 1.18 bits per heavy atom. The molecular weight excluding hydrogens is 353 g/mol. The molecule has 7 heteroatoms. The first kappa shape index (κ1) is 16.0. The summed E-state index contributed by atoms with van der Waals surface area (Å²) in [6, 6.07) is 10.0. The highest BCUT2D eigenvalue weighted by molar-refractivity contribution is 9.10. The van der Waals surface area contributed by atoms with E-state index in [1.54, 1.807) is 24.3 Å². The lowest BCUT2D eigenvalue weighted by Gasteiger charge is -2.08. The van der Waals surface area contributed by atoms with E-state index >= 15 is 0 Å². The average Bonchev–Trinajstić information content (AvgIpc) is 2.43. The number of carbonyl (C=O) groups excluding carboxylic acids is 2. The highest BCUT2D eigenvalue weighted by Gasteiger charge is 2.07. The van der Waals surface area contributed by atoms with Gasteiger partial charge in [0.05, 0.1) is 0 Å². The van der Waals surface area contributed by atoms with Gasteiger partial charge in [0, 0.05) is 22.3 Å². The third kappa shape index (κ3) is 4.56. The van der Waals surface area contributed by atoms with E-state index in [0.717, 1.165) is 0 Å². The number of benzene rings is 2. The molecule has 0 unspecified atom stereocenters. The van der Waals surface area contributed by atoms with Crippen LogP contribution in [0.3, 0.4) is 0 Å². The van der Waals surface area contributed by atoms with Gasteiger partial charge in [-0.15, -0.1) is 0 Å². The zero-order chi connectivity index (χ0) is 16.1. The number of nitrogens with two attached hydrogens (primary N) is 1. The summed E-state index contributed by atoms with van der Waals surface area (Å²) in [4.78, 5) is 22.9. The lowest BCUT2D eigenvalue weighted by molar-refractivity contribution is 0.0951. The van der Waals surface area contributed by atoms with Crippen molar-refractivity contribution >= 4 is 33.6 Å². The van der Waals surface area contributed by atoms with E-state index in [1.807, 2.05) is 0 Å². The Hall–Kier alpha value is -2.41. The van der Waals surface area contributed by atoms with Crippen LogP contribution in [0, 0.1) is 5.82 Å². The van der Waals surface area contributed by atoms with Crippen LogP contribution in [-0.4, -0.2) is 11.9 Å². The molecule has 114 valence electrons. The summed E-state index contributed by atoms with van der Waals surface area (Å²) < 4.78 is 13.9. The number of nitrogens with one attached hydrogen (secondary N) is 2. The molecule has 2 rings (SSSR count). The third-order valence-corrected chi connectivity index (χ3v) is 3.23. The van der Waals surface area contributed by atoms with Gasteiger partial charge >= 0.3 is 6.03 Å². The summed E-state index contributed by atoms with van der Waals surface area (Å²) in [7, 11) is 0. The standard InChI is InChI=1S/C15H13BrFN3O2/c16-11-4-9(5-12(17)7-11)8-19-14(21)10-2-1-3-13(6-10)20-15(18)22/h1-7H,8H2,(H,19,21)(H3,18,20,22). The summed E-state index contributed by atoms with van der Waals surface area (Å²) in [5.41, 5.74) is 6.44. The predicted molar refractivity (Wildman–Crippen MR) is 84.9 cm³/mol. The molecule has 3 amide bonds. The molecule has 22 heavy (non-hydrogen) atoms. The molecule has 0 bridgehead atoms. The minimum atomic E-state index is -0.706.